The summed E-state index contributed by atoms with van der Waals surface area (Å²) in [5.74, 6) is 0.676. The molecule has 0 heterocycles. The third kappa shape index (κ3) is 0.724. The smallest absolute Gasteiger partial charge is 0.0758 e. The van der Waals surface area contributed by atoms with Crippen LogP contribution in [0.25, 0.3) is 0 Å². The quantitative estimate of drug-likeness (QED) is 0.514. The number of hydrogen-bond acceptors (Lipinski definition) is 2. The first-order valence-corrected chi connectivity index (χ1v) is 3.79. The lowest BCUT2D eigenvalue weighted by Gasteiger charge is -2.20. The van der Waals surface area contributed by atoms with Gasteiger partial charge >= 0.3 is 0 Å². The third-order valence-electron chi connectivity index (χ3n) is 2.71. The van der Waals surface area contributed by atoms with Gasteiger partial charge in [-0.15, -0.1) is 0 Å². The molecule has 2 aliphatic rings. The largest absolute Gasteiger partial charge is 0.396 e. The summed E-state index contributed by atoms with van der Waals surface area (Å²) in [7, 11) is 0. The molecule has 0 aliphatic heterocycles. The zero-order chi connectivity index (χ0) is 7.14. The minimum Gasteiger partial charge on any atom is -0.396 e. The van der Waals surface area contributed by atoms with Gasteiger partial charge in [0, 0.05) is 6.61 Å². The standard InChI is InChI=1S/C8H12O2/c9-4-6-1-5-2-7(6)8(10)3-5/h3,6-10H,1-2,4H2. The predicted molar refractivity (Wildman–Crippen MR) is 37.4 cm³/mol. The van der Waals surface area contributed by atoms with Gasteiger partial charge < -0.3 is 10.2 Å². The Bertz CT molecular complexity index is 174. The molecule has 0 spiro atoms. The Balaban J connectivity index is 2.16. The molecule has 56 valence electrons. The van der Waals surface area contributed by atoms with Crippen LogP contribution in [0.1, 0.15) is 12.8 Å². The molecule has 1 saturated carbocycles. The van der Waals surface area contributed by atoms with Crippen LogP contribution in [0.2, 0.25) is 0 Å². The van der Waals surface area contributed by atoms with Crippen LogP contribution in [0.15, 0.2) is 11.6 Å². The van der Waals surface area contributed by atoms with Crippen LogP contribution in [-0.2, 0) is 0 Å². The summed E-state index contributed by atoms with van der Waals surface area (Å²) in [6, 6.07) is 0. The highest BCUT2D eigenvalue weighted by atomic mass is 16.3. The van der Waals surface area contributed by atoms with Crippen LogP contribution in [-0.4, -0.2) is 22.9 Å². The zero-order valence-corrected chi connectivity index (χ0v) is 5.83. The van der Waals surface area contributed by atoms with Gasteiger partial charge in [0.25, 0.3) is 0 Å². The highest BCUT2D eigenvalue weighted by molar-refractivity contribution is 5.22. The van der Waals surface area contributed by atoms with Crippen molar-refractivity contribution in [2.45, 2.75) is 18.9 Å². The Morgan fingerprint density at radius 1 is 1.50 bits per heavy atom. The zero-order valence-electron chi connectivity index (χ0n) is 5.83. The van der Waals surface area contributed by atoms with Crippen LogP contribution in [0.5, 0.6) is 0 Å². The Kier molecular flexibility index (Phi) is 1.32. The van der Waals surface area contributed by atoms with Gasteiger partial charge in [-0.05, 0) is 24.7 Å². The van der Waals surface area contributed by atoms with Gasteiger partial charge in [0.05, 0.1) is 6.10 Å². The highest BCUT2D eigenvalue weighted by Gasteiger charge is 2.39. The maximum absolute atomic E-state index is 9.33. The van der Waals surface area contributed by atoms with Crippen LogP contribution < -0.4 is 0 Å². The average molecular weight is 140 g/mol. The number of hydrogen-bond donors (Lipinski definition) is 2. The van der Waals surface area contributed by atoms with E-state index in [1.807, 2.05) is 6.08 Å². The van der Waals surface area contributed by atoms with E-state index in [0.29, 0.717) is 11.8 Å². The molecule has 2 rings (SSSR count). The Hall–Kier alpha value is -0.340. The molecule has 2 nitrogen and oxygen atoms in total. The minimum atomic E-state index is -0.263. The van der Waals surface area contributed by atoms with E-state index in [1.165, 1.54) is 5.57 Å². The summed E-state index contributed by atoms with van der Waals surface area (Å²) in [4.78, 5) is 0. The summed E-state index contributed by atoms with van der Waals surface area (Å²) < 4.78 is 0. The molecule has 0 radical (unpaired) electrons. The lowest BCUT2D eigenvalue weighted by molar-refractivity contribution is 0.0970. The minimum absolute atomic E-state index is 0.235. The van der Waals surface area contributed by atoms with Crippen molar-refractivity contribution in [3.63, 3.8) is 0 Å². The molecular formula is C8H12O2. The normalized spacial score (nSPS) is 44.2. The molecule has 2 bridgehead atoms. The van der Waals surface area contributed by atoms with E-state index < -0.39 is 0 Å². The van der Waals surface area contributed by atoms with Gasteiger partial charge in [-0.2, -0.15) is 0 Å². The van der Waals surface area contributed by atoms with Gasteiger partial charge in [-0.1, -0.05) is 11.6 Å². The molecule has 2 heteroatoms. The van der Waals surface area contributed by atoms with Gasteiger partial charge in [-0.3, -0.25) is 0 Å². The van der Waals surface area contributed by atoms with E-state index in [9.17, 15) is 5.11 Å². The third-order valence-corrected chi connectivity index (χ3v) is 2.71. The first kappa shape index (κ1) is 6.38. The summed E-state index contributed by atoms with van der Waals surface area (Å²) in [5.41, 5.74) is 1.34. The molecule has 3 unspecified atom stereocenters. The van der Waals surface area contributed by atoms with Gasteiger partial charge in [0.1, 0.15) is 0 Å². The van der Waals surface area contributed by atoms with Gasteiger partial charge in [0.2, 0.25) is 0 Å². The van der Waals surface area contributed by atoms with Gasteiger partial charge in [-0.25, -0.2) is 0 Å². The number of aliphatic hydroxyl groups excluding tert-OH is 2. The van der Waals surface area contributed by atoms with Crippen LogP contribution in [0.3, 0.4) is 0 Å². The molecule has 0 saturated heterocycles. The molecule has 0 aromatic carbocycles. The van der Waals surface area contributed by atoms with E-state index in [1.54, 1.807) is 0 Å². The SMILES string of the molecule is OCC1CC2=CC(O)C1C2. The van der Waals surface area contributed by atoms with Crippen molar-refractivity contribution in [3.05, 3.63) is 11.6 Å². The Morgan fingerprint density at radius 3 is 2.70 bits per heavy atom. The van der Waals surface area contributed by atoms with Crippen molar-refractivity contribution in [1.29, 1.82) is 0 Å². The lowest BCUT2D eigenvalue weighted by Crippen LogP contribution is -2.23. The topological polar surface area (TPSA) is 40.5 Å². The summed E-state index contributed by atoms with van der Waals surface area (Å²) in [6.45, 7) is 0.235. The fraction of sp³-hybridized carbons (Fsp3) is 0.750. The van der Waals surface area contributed by atoms with Crippen molar-refractivity contribution in [1.82, 2.24) is 0 Å². The van der Waals surface area contributed by atoms with Crippen LogP contribution in [0.4, 0.5) is 0 Å². The number of aliphatic hydroxyl groups is 2. The first-order chi connectivity index (χ1) is 4.81. The first-order valence-electron chi connectivity index (χ1n) is 3.79. The lowest BCUT2D eigenvalue weighted by atomic mass is 9.91. The average Bonchev–Trinajstić information content (AvgIpc) is 2.44. The second kappa shape index (κ2) is 2.07. The fourth-order valence-electron chi connectivity index (χ4n) is 2.14. The number of fused-ring (bicyclic) bond motifs is 2. The van der Waals surface area contributed by atoms with Crippen molar-refractivity contribution >= 4 is 0 Å². The fourth-order valence-corrected chi connectivity index (χ4v) is 2.14. The van der Waals surface area contributed by atoms with Crippen molar-refractivity contribution in [2.24, 2.45) is 11.8 Å². The Labute approximate surface area is 60.2 Å². The molecule has 3 atom stereocenters. The monoisotopic (exact) mass is 140 g/mol. The number of rotatable bonds is 1. The van der Waals surface area contributed by atoms with Crippen molar-refractivity contribution in [3.8, 4) is 0 Å². The second-order valence-electron chi connectivity index (χ2n) is 3.33. The summed E-state index contributed by atoms with van der Waals surface area (Å²) >= 11 is 0. The van der Waals surface area contributed by atoms with Crippen LogP contribution >= 0.6 is 0 Å². The van der Waals surface area contributed by atoms with E-state index >= 15 is 0 Å². The van der Waals surface area contributed by atoms with Crippen molar-refractivity contribution < 1.29 is 10.2 Å². The molecule has 2 N–H and O–H groups in total. The predicted octanol–water partition coefficient (Wildman–Crippen LogP) is 0.306. The molecule has 0 aromatic heterocycles. The maximum atomic E-state index is 9.33. The van der Waals surface area contributed by atoms with E-state index in [-0.39, 0.29) is 12.7 Å². The second-order valence-corrected chi connectivity index (χ2v) is 3.33. The molecule has 0 aromatic rings. The van der Waals surface area contributed by atoms with E-state index in [4.69, 9.17) is 5.11 Å². The van der Waals surface area contributed by atoms with E-state index in [2.05, 4.69) is 0 Å². The summed E-state index contributed by atoms with van der Waals surface area (Å²) in [5, 5.41) is 18.2. The Morgan fingerprint density at radius 2 is 2.30 bits per heavy atom. The molecular weight excluding hydrogens is 128 g/mol. The van der Waals surface area contributed by atoms with Gasteiger partial charge in [0.15, 0.2) is 0 Å². The molecule has 0 amide bonds. The highest BCUT2D eigenvalue weighted by Crippen LogP contribution is 2.43. The maximum Gasteiger partial charge on any atom is 0.0758 e. The summed E-state index contributed by atoms with van der Waals surface area (Å²) in [6.07, 6.45) is 3.71. The van der Waals surface area contributed by atoms with Crippen molar-refractivity contribution in [2.75, 3.05) is 6.61 Å². The number of allylic oxidation sites excluding steroid dienone is 1. The van der Waals surface area contributed by atoms with E-state index in [0.717, 1.165) is 12.8 Å². The molecule has 2 aliphatic carbocycles. The van der Waals surface area contributed by atoms with Crippen LogP contribution in [0, 0.1) is 11.8 Å². The molecule has 10 heavy (non-hydrogen) atoms. The molecule has 1 fully saturated rings.